The second-order valence-electron chi connectivity index (χ2n) is 3.45. The zero-order valence-electron chi connectivity index (χ0n) is 9.09. The highest BCUT2D eigenvalue weighted by atomic mass is 16.5. The van der Waals surface area contributed by atoms with Gasteiger partial charge in [0.25, 0.3) is 0 Å². The molecule has 1 rings (SSSR count). The topological polar surface area (TPSA) is 78.3 Å². The maximum absolute atomic E-state index is 11.6. The molecule has 6 heteroatoms. The lowest BCUT2D eigenvalue weighted by Gasteiger charge is -2.20. The number of azide groups is 1. The number of carbonyl (C=O) groups is 1. The molecule has 15 heavy (non-hydrogen) atoms. The lowest BCUT2D eigenvalue weighted by molar-refractivity contribution is -0.148. The van der Waals surface area contributed by atoms with Gasteiger partial charge in [0.05, 0.1) is 12.6 Å². The second kappa shape index (κ2) is 5.58. The SMILES string of the molecule is CCOC(=O)C1CC(N=[N+]=[N-])CN1CC. The van der Waals surface area contributed by atoms with E-state index in [2.05, 4.69) is 10.0 Å². The first-order valence-corrected chi connectivity index (χ1v) is 5.17. The molecule has 0 amide bonds. The monoisotopic (exact) mass is 212 g/mol. The summed E-state index contributed by atoms with van der Waals surface area (Å²) in [6, 6.07) is -0.352. The van der Waals surface area contributed by atoms with E-state index in [9.17, 15) is 4.79 Å². The van der Waals surface area contributed by atoms with Crippen molar-refractivity contribution in [3.8, 4) is 0 Å². The largest absolute Gasteiger partial charge is 0.465 e. The smallest absolute Gasteiger partial charge is 0.323 e. The van der Waals surface area contributed by atoms with Crippen LogP contribution in [0.2, 0.25) is 0 Å². The van der Waals surface area contributed by atoms with Crippen LogP contribution in [0.15, 0.2) is 5.11 Å². The van der Waals surface area contributed by atoms with E-state index in [1.54, 1.807) is 6.92 Å². The van der Waals surface area contributed by atoms with Crippen molar-refractivity contribution >= 4 is 5.97 Å². The van der Waals surface area contributed by atoms with Crippen LogP contribution in [0.5, 0.6) is 0 Å². The van der Waals surface area contributed by atoms with E-state index in [4.69, 9.17) is 10.3 Å². The molecular formula is C9H16N4O2. The number of hydrogen-bond donors (Lipinski definition) is 0. The fourth-order valence-electron chi connectivity index (χ4n) is 1.87. The van der Waals surface area contributed by atoms with Crippen LogP contribution in [0.1, 0.15) is 20.3 Å². The fraction of sp³-hybridized carbons (Fsp3) is 0.889. The lowest BCUT2D eigenvalue weighted by atomic mass is 10.2. The Morgan fingerprint density at radius 2 is 2.40 bits per heavy atom. The summed E-state index contributed by atoms with van der Waals surface area (Å²) in [4.78, 5) is 16.3. The summed E-state index contributed by atoms with van der Waals surface area (Å²) in [6.45, 7) is 5.56. The van der Waals surface area contributed by atoms with E-state index in [1.807, 2.05) is 11.8 Å². The highest BCUT2D eigenvalue weighted by Gasteiger charge is 2.36. The Bertz CT molecular complexity index is 275. The fourth-order valence-corrected chi connectivity index (χ4v) is 1.87. The number of rotatable bonds is 4. The van der Waals surface area contributed by atoms with Gasteiger partial charge in [-0.3, -0.25) is 9.69 Å². The van der Waals surface area contributed by atoms with Crippen LogP contribution in [-0.4, -0.2) is 42.6 Å². The van der Waals surface area contributed by atoms with Crippen molar-refractivity contribution in [2.24, 2.45) is 5.11 Å². The van der Waals surface area contributed by atoms with E-state index in [0.717, 1.165) is 6.54 Å². The van der Waals surface area contributed by atoms with Gasteiger partial charge in [-0.25, -0.2) is 0 Å². The third-order valence-corrected chi connectivity index (χ3v) is 2.56. The van der Waals surface area contributed by atoms with Gasteiger partial charge in [-0.15, -0.1) is 0 Å². The molecule has 0 spiro atoms. The quantitative estimate of drug-likeness (QED) is 0.305. The van der Waals surface area contributed by atoms with Crippen molar-refractivity contribution in [3.05, 3.63) is 10.4 Å². The summed E-state index contributed by atoms with van der Waals surface area (Å²) in [7, 11) is 0. The molecular weight excluding hydrogens is 196 g/mol. The number of nitrogens with zero attached hydrogens (tertiary/aromatic N) is 4. The molecule has 6 nitrogen and oxygen atoms in total. The number of carbonyl (C=O) groups excluding carboxylic acids is 1. The minimum absolute atomic E-state index is 0.107. The van der Waals surface area contributed by atoms with Crippen molar-refractivity contribution < 1.29 is 9.53 Å². The first-order valence-electron chi connectivity index (χ1n) is 5.17. The Kier molecular flexibility index (Phi) is 4.39. The summed E-state index contributed by atoms with van der Waals surface area (Å²) >= 11 is 0. The van der Waals surface area contributed by atoms with Crippen LogP contribution in [-0.2, 0) is 9.53 Å². The molecule has 84 valence electrons. The van der Waals surface area contributed by atoms with Crippen LogP contribution in [0, 0.1) is 0 Å². The molecule has 1 aliphatic rings. The maximum atomic E-state index is 11.6. The summed E-state index contributed by atoms with van der Waals surface area (Å²) in [6.07, 6.45) is 0.566. The van der Waals surface area contributed by atoms with Gasteiger partial charge in [0, 0.05) is 11.5 Å². The Balaban J connectivity index is 2.63. The van der Waals surface area contributed by atoms with Gasteiger partial charge < -0.3 is 4.74 Å². The number of esters is 1. The van der Waals surface area contributed by atoms with E-state index in [0.29, 0.717) is 19.6 Å². The molecule has 1 saturated heterocycles. The average Bonchev–Trinajstić information content (AvgIpc) is 2.62. The zero-order chi connectivity index (χ0) is 11.3. The van der Waals surface area contributed by atoms with Crippen LogP contribution < -0.4 is 0 Å². The van der Waals surface area contributed by atoms with Gasteiger partial charge in [0.2, 0.25) is 0 Å². The lowest BCUT2D eigenvalue weighted by Crippen LogP contribution is -2.37. The number of likely N-dealkylation sites (N-methyl/N-ethyl adjacent to an activating group) is 1. The highest BCUT2D eigenvalue weighted by Crippen LogP contribution is 2.21. The van der Waals surface area contributed by atoms with Gasteiger partial charge in [0.15, 0.2) is 0 Å². The minimum atomic E-state index is -0.245. The molecule has 0 N–H and O–H groups in total. The first-order chi connectivity index (χ1) is 7.22. The highest BCUT2D eigenvalue weighted by molar-refractivity contribution is 5.76. The molecule has 0 aromatic carbocycles. The third-order valence-electron chi connectivity index (χ3n) is 2.56. The van der Waals surface area contributed by atoms with Crippen LogP contribution in [0.25, 0.3) is 10.4 Å². The van der Waals surface area contributed by atoms with E-state index < -0.39 is 0 Å². The second-order valence-corrected chi connectivity index (χ2v) is 3.45. The molecule has 2 atom stereocenters. The Morgan fingerprint density at radius 1 is 1.67 bits per heavy atom. The number of hydrogen-bond acceptors (Lipinski definition) is 4. The van der Waals surface area contributed by atoms with Crippen molar-refractivity contribution in [2.45, 2.75) is 32.4 Å². The molecule has 0 aromatic heterocycles. The van der Waals surface area contributed by atoms with Crippen molar-refractivity contribution in [3.63, 3.8) is 0 Å². The van der Waals surface area contributed by atoms with Crippen molar-refractivity contribution in [2.75, 3.05) is 19.7 Å². The van der Waals surface area contributed by atoms with E-state index in [-0.39, 0.29) is 18.1 Å². The summed E-state index contributed by atoms with van der Waals surface area (Å²) in [5.41, 5.74) is 8.34. The molecule has 1 fully saturated rings. The summed E-state index contributed by atoms with van der Waals surface area (Å²) in [5.74, 6) is -0.213. The standard InChI is InChI=1S/C9H16N4O2/c1-3-13-6-7(11-12-10)5-8(13)9(14)15-4-2/h7-8H,3-6H2,1-2H3. The van der Waals surface area contributed by atoms with Crippen LogP contribution in [0.4, 0.5) is 0 Å². The summed E-state index contributed by atoms with van der Waals surface area (Å²) < 4.78 is 4.97. The van der Waals surface area contributed by atoms with Crippen molar-refractivity contribution in [1.29, 1.82) is 0 Å². The maximum Gasteiger partial charge on any atom is 0.323 e. The molecule has 2 unspecified atom stereocenters. The molecule has 0 aliphatic carbocycles. The molecule has 1 heterocycles. The Labute approximate surface area is 88.8 Å². The molecule has 0 bridgehead atoms. The Morgan fingerprint density at radius 3 is 2.93 bits per heavy atom. The number of ether oxygens (including phenoxy) is 1. The number of likely N-dealkylation sites (tertiary alicyclic amines) is 1. The van der Waals surface area contributed by atoms with Gasteiger partial charge >= 0.3 is 5.97 Å². The molecule has 1 aliphatic heterocycles. The van der Waals surface area contributed by atoms with Gasteiger partial charge in [-0.2, -0.15) is 0 Å². The van der Waals surface area contributed by atoms with Gasteiger partial charge in [-0.05, 0) is 25.4 Å². The van der Waals surface area contributed by atoms with E-state index in [1.165, 1.54) is 0 Å². The third kappa shape index (κ3) is 2.84. The molecule has 0 saturated carbocycles. The predicted molar refractivity (Wildman–Crippen MR) is 55.2 cm³/mol. The molecule has 0 aromatic rings. The van der Waals surface area contributed by atoms with E-state index >= 15 is 0 Å². The van der Waals surface area contributed by atoms with Gasteiger partial charge in [0.1, 0.15) is 6.04 Å². The average molecular weight is 212 g/mol. The predicted octanol–water partition coefficient (Wildman–Crippen LogP) is 1.32. The molecule has 0 radical (unpaired) electrons. The minimum Gasteiger partial charge on any atom is -0.465 e. The zero-order valence-corrected chi connectivity index (χ0v) is 9.09. The normalized spacial score (nSPS) is 26.0. The first kappa shape index (κ1) is 11.8. The van der Waals surface area contributed by atoms with Gasteiger partial charge in [-0.1, -0.05) is 12.0 Å². The van der Waals surface area contributed by atoms with Crippen LogP contribution in [0.3, 0.4) is 0 Å². The van der Waals surface area contributed by atoms with Crippen LogP contribution >= 0.6 is 0 Å². The summed E-state index contributed by atoms with van der Waals surface area (Å²) in [5, 5.41) is 3.65. The Hall–Kier alpha value is -1.26. The van der Waals surface area contributed by atoms with Crippen molar-refractivity contribution in [1.82, 2.24) is 4.90 Å².